The van der Waals surface area contributed by atoms with Gasteiger partial charge in [-0.3, -0.25) is 4.55 Å². The molecular weight excluding hydrogens is 1700 g/mol. The van der Waals surface area contributed by atoms with E-state index in [1.54, 1.807) is 0 Å². The normalized spacial score (nSPS) is 4.59. The molecule has 0 radical (unpaired) electrons. The molecule has 0 amide bonds. The van der Waals surface area contributed by atoms with Crippen LogP contribution >= 0.6 is 22.6 Å². The molecule has 542 valence electrons. The van der Waals surface area contributed by atoms with Crippen molar-refractivity contribution in [1.29, 1.82) is 0 Å². The van der Waals surface area contributed by atoms with E-state index >= 15 is 0 Å². The zero-order chi connectivity index (χ0) is 93.1. The van der Waals surface area contributed by atoms with Crippen LogP contribution in [0, 0.1) is 0 Å². The second-order valence-corrected chi connectivity index (χ2v) is 19.2. The summed E-state index contributed by atoms with van der Waals surface area (Å²) in [4.78, 5) is 0. The van der Waals surface area contributed by atoms with Gasteiger partial charge in [0.25, 0.3) is 10.1 Å². The molecule has 0 aliphatic heterocycles. The maximum Gasteiger partial charge on any atom is 0.269 e. The van der Waals surface area contributed by atoms with E-state index in [0.717, 1.165) is 10.0 Å². The van der Waals surface area contributed by atoms with Crippen molar-refractivity contribution >= 4 is 32.7 Å². The van der Waals surface area contributed by atoms with Crippen molar-refractivity contribution in [3.05, 3.63) is 689 Å². The molecule has 0 aromatic carbocycles. The predicted octanol–water partition coefficient (Wildman–Crippen LogP) is 20.4. The van der Waals surface area contributed by atoms with Crippen LogP contribution in [0.15, 0.2) is 689 Å². The van der Waals surface area contributed by atoms with Crippen molar-refractivity contribution in [2.24, 2.45) is 0 Å². The van der Waals surface area contributed by atoms with E-state index in [9.17, 15) is 8.42 Å². The minimum atomic E-state index is -4.12. The number of halogens is 1. The van der Waals surface area contributed by atoms with E-state index < -0.39 is 15.9 Å². The summed E-state index contributed by atoms with van der Waals surface area (Å²) < 4.78 is 31.0. The lowest BCUT2D eigenvalue weighted by Gasteiger charge is -1.90. The number of hydrogen-bond acceptors (Lipinski definition) is 2. The van der Waals surface area contributed by atoms with Crippen molar-refractivity contribution in [2.45, 2.75) is 13.8 Å². The molecule has 5 heteroatoms. The van der Waals surface area contributed by atoms with Crippen LogP contribution in [0.5, 0.6) is 0 Å². The van der Waals surface area contributed by atoms with Gasteiger partial charge < -0.3 is 0 Å². The van der Waals surface area contributed by atoms with E-state index in [1.807, 2.05) is 6.92 Å². The predicted molar refractivity (Wildman–Crippen MR) is 472 cm³/mol. The van der Waals surface area contributed by atoms with Gasteiger partial charge in [-0.25, -0.2) is 0 Å². The van der Waals surface area contributed by atoms with Crippen LogP contribution in [-0.4, -0.2) is 23.2 Å². The summed E-state index contributed by atoms with van der Waals surface area (Å²) in [6.45, 7) is 10.0. The molecule has 0 fully saturated rings. The first-order valence-corrected chi connectivity index (χ1v) is 35.6. The van der Waals surface area contributed by atoms with Crippen LogP contribution in [0.1, 0.15) is 13.8 Å². The second-order valence-electron chi connectivity index (χ2n) is 17.0. The summed E-state index contributed by atoms with van der Waals surface area (Å²) in [5.74, 6) is -0.552. The molecule has 0 aromatic rings. The third-order valence-corrected chi connectivity index (χ3v) is 10.1. The lowest BCUT2D eigenvalue weighted by atomic mass is 10.4. The van der Waals surface area contributed by atoms with Gasteiger partial charge >= 0.3 is 0 Å². The number of alkyl halides is 1. The van der Waals surface area contributed by atoms with Gasteiger partial charge in [-0.15, -0.1) is 0 Å². The van der Waals surface area contributed by atoms with E-state index in [2.05, 4.69) is 701 Å². The Morgan fingerprint density at radius 1 is 0.163 bits per heavy atom. The van der Waals surface area contributed by atoms with Gasteiger partial charge in [-0.1, -0.05) is 45.5 Å². The number of allylic oxidation sites excluding steroid dienone is 1. The third-order valence-electron chi connectivity index (χ3n) is 8.20. The molecule has 0 unspecified atom stereocenters. The van der Waals surface area contributed by atoms with Gasteiger partial charge in [0.2, 0.25) is 0 Å². The van der Waals surface area contributed by atoms with Gasteiger partial charge in [0.1, 0.15) is 5.75 Å². The fraction of sp³-hybridized carbons (Fsp3) is 0.0323. The average Bonchev–Trinajstić information content (AvgIpc) is 0.949. The Morgan fingerprint density at radius 2 is 0.240 bits per heavy atom. The fourth-order valence-electron chi connectivity index (χ4n) is 4.08. The molecule has 0 atom stereocenters. The van der Waals surface area contributed by atoms with E-state index in [-0.39, 0.29) is 5.57 Å². The highest BCUT2D eigenvalue weighted by atomic mass is 127. The lowest BCUT2D eigenvalue weighted by Crippen LogP contribution is -2.03. The van der Waals surface area contributed by atoms with Crippen LogP contribution in [-0.2, 0) is 10.1 Å². The minimum Gasteiger partial charge on any atom is -0.285 e. The maximum atomic E-state index is 10.7. The quantitative estimate of drug-likeness (QED) is 0.133. The van der Waals surface area contributed by atoms with Crippen molar-refractivity contribution < 1.29 is 13.0 Å². The zero-order valence-electron chi connectivity index (χ0n) is 65.9. The first kappa shape index (κ1) is 106. The Kier molecular flexibility index (Phi) is 79.3. The van der Waals surface area contributed by atoms with Crippen molar-refractivity contribution in [3.8, 4) is 0 Å². The summed E-state index contributed by atoms with van der Waals surface area (Å²) in [6.07, 6.45) is 0. The minimum absolute atomic E-state index is 0.247. The first-order valence-electron chi connectivity index (χ1n) is 32.5. The van der Waals surface area contributed by atoms with E-state index in [0.29, 0.717) is 0 Å². The van der Waals surface area contributed by atoms with Gasteiger partial charge in [0.15, 0.2) is 0 Å². The molecule has 0 spiro atoms. The first-order chi connectivity index (χ1) is 63.8. The van der Waals surface area contributed by atoms with Crippen molar-refractivity contribution in [1.82, 2.24) is 0 Å². The van der Waals surface area contributed by atoms with Gasteiger partial charge in [0, 0.05) is 463 Å². The highest BCUT2D eigenvalue weighted by Gasteiger charge is 2.03. The largest absolute Gasteiger partial charge is 0.285 e. The molecular formula is C124H15IO3S. The molecule has 1 N–H and O–H groups in total. The summed E-state index contributed by atoms with van der Waals surface area (Å²) in [5.41, 5.74) is 291. The Balaban J connectivity index is 0. The molecule has 0 aliphatic carbocycles. The van der Waals surface area contributed by atoms with Crippen LogP contribution in [0.2, 0.25) is 0 Å². The monoisotopic (exact) mass is 1710 g/mol. The molecule has 3 nitrogen and oxygen atoms in total. The molecule has 0 bridgehead atoms. The SMILES string of the molecule is C=C=C=C=C=C=C=C=C=C=C=C=C=C=C=C=C=C=C=C=C=C=C=C=C=C=C=C=C=C=C=C=C=C=C=C=C=C=C=C=C=C=C=C=C=C=C=C=C=C=C=C=C=C=C=C=C=C=C=C(C)CI.C=C=C=C=C=C=C=C=C=C=C=C=C=C=C=C=C=C=C=C=C=C=C=C=C=C=C=C=C=C=C=C=C=C=C=C=C=C=C=C=C=C=C=C=C=C=C=C=C=C=C=C=C=C=C=C=C=C=C=C(C)CS(=O)(=O)O. The Morgan fingerprint density at radius 3 is 0.318 bits per heavy atom. The second kappa shape index (κ2) is 96.8. The average molecular weight is 1710 g/mol. The van der Waals surface area contributed by atoms with Crippen molar-refractivity contribution in [2.75, 3.05) is 10.2 Å². The summed E-state index contributed by atoms with van der Waals surface area (Å²) in [6, 6.07) is 0. The molecule has 129 heavy (non-hydrogen) atoms. The standard InChI is InChI=1S/C62H7I.C62H8O3S/c1-3-4-5-6-7-8-9-10-11-12-13-14-15-16-17-18-19-20-21-22-23-24-25-26-27-28-29-30-31-32-33-34-35-36-37-38-39-40-41-42-43-44-45-46-47-48-49-50-51-52-53-54-55-56-57-58-59-60-62(2)61-63;1-3-4-5-6-7-8-9-10-11-12-13-14-15-16-17-18-19-20-21-22-23-24-25-26-27-28-29-30-31-32-33-34-35-36-37-38-39-40-41-42-43-44-45-46-47-48-49-50-51-52-53-54-55-56-57-58-59-60-62(2)61-66(63,64)65/h1,61H2,2H3;1,61H2,2H3,(H,63,64,65). The molecule has 0 aromatic heterocycles. The number of rotatable bonds is 3. The van der Waals surface area contributed by atoms with E-state index in [4.69, 9.17) is 4.55 Å². The van der Waals surface area contributed by atoms with Crippen molar-refractivity contribution in [3.63, 3.8) is 0 Å². The Labute approximate surface area is 752 Å². The lowest BCUT2D eigenvalue weighted by molar-refractivity contribution is 0.486. The molecule has 0 saturated heterocycles. The van der Waals surface area contributed by atoms with Crippen LogP contribution < -0.4 is 0 Å². The Hall–Kier alpha value is -25.4. The summed E-state index contributed by atoms with van der Waals surface area (Å²) in [5, 5.41) is 0. The third kappa shape index (κ3) is 105. The van der Waals surface area contributed by atoms with Crippen LogP contribution in [0.3, 0.4) is 0 Å². The molecule has 0 saturated carbocycles. The van der Waals surface area contributed by atoms with Crippen LogP contribution in [0.4, 0.5) is 0 Å². The van der Waals surface area contributed by atoms with Crippen LogP contribution in [0.25, 0.3) is 0 Å². The van der Waals surface area contributed by atoms with E-state index in [1.165, 1.54) is 6.92 Å². The molecule has 0 heterocycles. The smallest absolute Gasteiger partial charge is 0.269 e. The topological polar surface area (TPSA) is 54.4 Å². The summed E-state index contributed by atoms with van der Waals surface area (Å²) >= 11 is 2.23. The highest BCUT2D eigenvalue weighted by molar-refractivity contribution is 14.1. The zero-order valence-corrected chi connectivity index (χ0v) is 68.9. The highest BCUT2D eigenvalue weighted by Crippen LogP contribution is 1.94. The molecule has 0 rings (SSSR count). The maximum absolute atomic E-state index is 10.7. The van der Waals surface area contributed by atoms with Gasteiger partial charge in [-0.05, 0) is 222 Å². The van der Waals surface area contributed by atoms with Gasteiger partial charge in [-0.2, -0.15) is 8.42 Å². The van der Waals surface area contributed by atoms with Gasteiger partial charge in [0.05, 0.1) is 0 Å². The summed E-state index contributed by atoms with van der Waals surface area (Å²) in [7, 11) is -4.12. The molecule has 0 aliphatic rings. The number of hydrogen-bond donors (Lipinski definition) is 1. The fourth-order valence-corrected chi connectivity index (χ4v) is 4.89. The Bertz CT molecular complexity index is 10300.